The van der Waals surface area contributed by atoms with E-state index in [4.69, 9.17) is 4.74 Å². The number of aliphatic hydroxyl groups is 6. The number of benzene rings is 1. The number of phenolic OH excluding ortho intramolecular Hbond substituents is 1. The number of rotatable bonds is 5. The van der Waals surface area contributed by atoms with Crippen molar-refractivity contribution in [2.24, 2.45) is 68.5 Å². The van der Waals surface area contributed by atoms with Gasteiger partial charge >= 0.3 is 0 Å². The highest BCUT2D eigenvalue weighted by Crippen LogP contribution is 2.83. The number of ether oxygens (including phenoxy) is 1. The van der Waals surface area contributed by atoms with Crippen LogP contribution in [-0.2, 0) is 20.7 Å². The molecule has 0 aromatic heterocycles. The maximum absolute atomic E-state index is 15.7. The first-order valence-corrected chi connectivity index (χ1v) is 27.4. The fourth-order valence-corrected chi connectivity index (χ4v) is 21.2. The molecule has 5 aliphatic heterocycles. The smallest absolute Gasteiger partial charge is 0.233 e. The molecule has 1 aromatic carbocycles. The molecular formula is C52H71NO10S2. The molecule has 4 spiro atoms. The number of aromatic hydroxyl groups is 1. The van der Waals surface area contributed by atoms with E-state index in [-0.39, 0.29) is 60.2 Å². The lowest BCUT2D eigenvalue weighted by Gasteiger charge is -2.71. The number of allylic oxidation sites excluding steroid dienone is 2. The van der Waals surface area contributed by atoms with Crippen LogP contribution in [0.3, 0.4) is 0 Å². The number of carbonyl (C=O) groups excluding carboxylic acids is 2. The van der Waals surface area contributed by atoms with Crippen LogP contribution >= 0.6 is 21.6 Å². The summed E-state index contributed by atoms with van der Waals surface area (Å²) in [6.07, 6.45) is 10.9. The predicted molar refractivity (Wildman–Crippen MR) is 250 cm³/mol. The van der Waals surface area contributed by atoms with Gasteiger partial charge in [-0.05, 0) is 147 Å². The van der Waals surface area contributed by atoms with Crippen molar-refractivity contribution in [3.8, 4) is 5.75 Å². The Morgan fingerprint density at radius 2 is 1.71 bits per heavy atom. The van der Waals surface area contributed by atoms with Crippen LogP contribution in [0.15, 0.2) is 42.0 Å². The minimum absolute atomic E-state index is 0.0140. The number of hydrogen-bond donors (Lipinski definition) is 7. The molecule has 13 rings (SSSR count). The first-order chi connectivity index (χ1) is 30.9. The third kappa shape index (κ3) is 5.54. The molecule has 8 bridgehead atoms. The van der Waals surface area contributed by atoms with Crippen molar-refractivity contribution in [3.05, 3.63) is 47.6 Å². The van der Waals surface area contributed by atoms with Crippen LogP contribution in [-0.4, -0.2) is 114 Å². The lowest BCUT2D eigenvalue weighted by atomic mass is 9.33. The maximum atomic E-state index is 15.7. The molecule has 7 fully saturated rings. The zero-order chi connectivity index (χ0) is 45.9. The molecule has 356 valence electrons. The van der Waals surface area contributed by atoms with Crippen molar-refractivity contribution < 1.29 is 50.1 Å². The van der Waals surface area contributed by atoms with Crippen molar-refractivity contribution in [3.63, 3.8) is 0 Å². The number of phenols is 1. The van der Waals surface area contributed by atoms with Gasteiger partial charge in [0.05, 0.1) is 35.2 Å². The Balaban J connectivity index is 1.12. The van der Waals surface area contributed by atoms with Gasteiger partial charge in [-0.3, -0.25) is 9.59 Å². The Morgan fingerprint density at radius 3 is 2.46 bits per heavy atom. The van der Waals surface area contributed by atoms with Crippen LogP contribution in [0.4, 0.5) is 5.69 Å². The Labute approximate surface area is 391 Å². The molecule has 65 heavy (non-hydrogen) atoms. The number of amides is 1. The molecule has 1 amide bonds. The number of carbonyl (C=O) groups is 2. The third-order valence-electron chi connectivity index (χ3n) is 21.6. The quantitative estimate of drug-likeness (QED) is 0.102. The van der Waals surface area contributed by atoms with Gasteiger partial charge in [-0.25, -0.2) is 0 Å². The molecular weight excluding hydrogens is 863 g/mol. The van der Waals surface area contributed by atoms with Crippen LogP contribution in [0.1, 0.15) is 110 Å². The minimum atomic E-state index is -1.85. The molecule has 17 atom stereocenters. The number of ketones is 1. The molecule has 7 aliphatic carbocycles. The fraction of sp³-hybridized carbons (Fsp3) is 0.769. The SMILES string of the molecule is CC(C)C(C)C1OC1C1(O)CC=CC2CC34CCC5C(O)(CO)C(O)CC6(CSSCC7CCCC(CO)C78CCN(C8=O)c7cc(O)cc(c7)CCC27C1CCC7(O)C3=CC6=O)C54C. The maximum Gasteiger partial charge on any atom is 0.233 e. The largest absolute Gasteiger partial charge is 0.508 e. The summed E-state index contributed by atoms with van der Waals surface area (Å²) in [5.74, 6) is -0.155. The summed E-state index contributed by atoms with van der Waals surface area (Å²) in [7, 11) is 3.24. The second kappa shape index (κ2) is 15.0. The van der Waals surface area contributed by atoms with E-state index in [1.165, 1.54) is 0 Å². The number of aliphatic hydroxyl groups excluding tert-OH is 3. The molecule has 1 aromatic rings. The monoisotopic (exact) mass is 933 g/mol. The van der Waals surface area contributed by atoms with E-state index in [0.29, 0.717) is 93.0 Å². The van der Waals surface area contributed by atoms with E-state index < -0.39 is 74.5 Å². The van der Waals surface area contributed by atoms with Crippen LogP contribution < -0.4 is 4.90 Å². The standard InChI is InChI=1S/C52H71NO10S2/c1-29(2)30(3)42-43(63-42)50(60)13-6-9-32-23-46-14-11-37-45(46,4)47(24-41(58)51(37,61)27-55)28-65-64-26-34-8-5-7-33(25-54)48(34)17-18-53(44(48)59)35-19-31(20-36(56)21-35)10-15-49(32)38(50)12-16-52(49,62)39(46)22-40(47)57/h6,9,19-22,29-30,32-34,37-38,41-43,54-56,58,60-62H,5,7-8,10-18,23-28H2,1-4H3. The van der Waals surface area contributed by atoms with Crippen molar-refractivity contribution >= 4 is 39.0 Å². The van der Waals surface area contributed by atoms with Crippen molar-refractivity contribution in [2.45, 2.75) is 146 Å². The highest BCUT2D eigenvalue weighted by atomic mass is 33.1. The molecule has 5 saturated carbocycles. The van der Waals surface area contributed by atoms with E-state index in [0.717, 1.165) is 24.8 Å². The van der Waals surface area contributed by atoms with Crippen LogP contribution in [0.25, 0.3) is 0 Å². The second-order valence-electron chi connectivity index (χ2n) is 23.5. The molecule has 13 heteroatoms. The summed E-state index contributed by atoms with van der Waals surface area (Å²) in [5, 5.41) is 85.7. The highest BCUT2D eigenvalue weighted by Gasteiger charge is 2.84. The molecule has 17 unspecified atom stereocenters. The summed E-state index contributed by atoms with van der Waals surface area (Å²) >= 11 is 0. The summed E-state index contributed by atoms with van der Waals surface area (Å²) < 4.78 is 6.53. The van der Waals surface area contributed by atoms with E-state index in [1.54, 1.807) is 39.8 Å². The Morgan fingerprint density at radius 1 is 0.923 bits per heavy atom. The van der Waals surface area contributed by atoms with Gasteiger partial charge in [0.1, 0.15) is 23.1 Å². The summed E-state index contributed by atoms with van der Waals surface area (Å²) in [5.41, 5.74) is -7.22. The zero-order valence-electron chi connectivity index (χ0n) is 38.6. The number of epoxide rings is 1. The van der Waals surface area contributed by atoms with E-state index in [9.17, 15) is 35.7 Å². The lowest BCUT2D eigenvalue weighted by Crippen LogP contribution is -2.75. The number of nitrogens with zero attached hydrogens (tertiary/aromatic N) is 1. The van der Waals surface area contributed by atoms with Crippen molar-refractivity contribution in [1.29, 1.82) is 0 Å². The first kappa shape index (κ1) is 45.5. The molecule has 2 saturated heterocycles. The molecule has 11 nitrogen and oxygen atoms in total. The van der Waals surface area contributed by atoms with Gasteiger partial charge in [0.15, 0.2) is 5.78 Å². The number of anilines is 1. The minimum Gasteiger partial charge on any atom is -0.508 e. The van der Waals surface area contributed by atoms with Gasteiger partial charge in [-0.15, -0.1) is 0 Å². The first-order valence-electron chi connectivity index (χ1n) is 24.9. The third-order valence-corrected chi connectivity index (χ3v) is 24.2. The van der Waals surface area contributed by atoms with Gasteiger partial charge in [0, 0.05) is 53.2 Å². The Kier molecular flexibility index (Phi) is 10.5. The second-order valence-corrected chi connectivity index (χ2v) is 26.0. The van der Waals surface area contributed by atoms with Gasteiger partial charge in [-0.1, -0.05) is 67.9 Å². The highest BCUT2D eigenvalue weighted by molar-refractivity contribution is 8.76. The molecule has 0 radical (unpaired) electrons. The van der Waals surface area contributed by atoms with Gasteiger partial charge in [0.2, 0.25) is 5.91 Å². The van der Waals surface area contributed by atoms with Crippen molar-refractivity contribution in [2.75, 3.05) is 36.2 Å². The lowest BCUT2D eigenvalue weighted by molar-refractivity contribution is -0.256. The average Bonchev–Trinajstić information content (AvgIpc) is 3.85. The van der Waals surface area contributed by atoms with E-state index in [1.807, 2.05) is 11.0 Å². The molecule has 12 aliphatic rings. The topological polar surface area (TPSA) is 192 Å². The number of hydrogen-bond acceptors (Lipinski definition) is 12. The fourth-order valence-electron chi connectivity index (χ4n) is 18.0. The normalized spacial score (nSPS) is 50.3. The summed E-state index contributed by atoms with van der Waals surface area (Å²) in [6, 6.07) is 5.44. The predicted octanol–water partition coefficient (Wildman–Crippen LogP) is 6.14. The van der Waals surface area contributed by atoms with Gasteiger partial charge in [0.25, 0.3) is 0 Å². The molecule has 5 heterocycles. The molecule has 7 N–H and O–H groups in total. The zero-order valence-corrected chi connectivity index (χ0v) is 40.2. The van der Waals surface area contributed by atoms with Crippen LogP contribution in [0.2, 0.25) is 0 Å². The number of fused-ring (bicyclic) bond motifs is 1. The van der Waals surface area contributed by atoms with Crippen LogP contribution in [0, 0.1) is 68.5 Å². The Bertz CT molecular complexity index is 2220. The summed E-state index contributed by atoms with van der Waals surface area (Å²) in [6.45, 7) is 8.40. The van der Waals surface area contributed by atoms with Crippen molar-refractivity contribution in [1.82, 2.24) is 0 Å². The average molecular weight is 934 g/mol. The number of aryl methyl sites for hydroxylation is 1. The van der Waals surface area contributed by atoms with E-state index in [2.05, 4.69) is 39.8 Å². The summed E-state index contributed by atoms with van der Waals surface area (Å²) in [4.78, 5) is 32.7. The van der Waals surface area contributed by atoms with Gasteiger partial charge < -0.3 is 45.4 Å². The van der Waals surface area contributed by atoms with Gasteiger partial charge in [-0.2, -0.15) is 0 Å². The van der Waals surface area contributed by atoms with E-state index >= 15 is 9.59 Å². The van der Waals surface area contributed by atoms with Crippen LogP contribution in [0.5, 0.6) is 5.75 Å². The Hall–Kier alpha value is -1.94.